The molecule has 0 fully saturated rings. The minimum Gasteiger partial charge on any atom is -0.457 e. The van der Waals surface area contributed by atoms with Crippen molar-refractivity contribution in [1.29, 1.82) is 0 Å². The topological polar surface area (TPSA) is 9.23 Å². The number of ether oxygens (including phenoxy) is 1. The number of hydrogen-bond acceptors (Lipinski definition) is 1. The molecule has 0 aromatic heterocycles. The van der Waals surface area contributed by atoms with Crippen LogP contribution in [0.25, 0.3) is 33.0 Å². The summed E-state index contributed by atoms with van der Waals surface area (Å²) in [6, 6.07) is 80.0. The quantitative estimate of drug-likeness (QED) is 0.174. The smallest absolute Gasteiger partial charge is 0.132 e. The zero-order valence-corrected chi connectivity index (χ0v) is 30.2. The van der Waals surface area contributed by atoms with E-state index in [0.29, 0.717) is 0 Å². The molecule has 258 valence electrons. The van der Waals surface area contributed by atoms with Gasteiger partial charge < -0.3 is 4.74 Å². The van der Waals surface area contributed by atoms with Crippen LogP contribution in [0, 0.1) is 0 Å². The molecule has 1 nitrogen and oxygen atoms in total. The van der Waals surface area contributed by atoms with Gasteiger partial charge in [0.2, 0.25) is 0 Å². The highest BCUT2D eigenvalue weighted by Crippen LogP contribution is 2.59. The van der Waals surface area contributed by atoms with Gasteiger partial charge in [-0.05, 0) is 90.7 Å². The van der Waals surface area contributed by atoms with E-state index in [2.05, 4.69) is 218 Å². The molecule has 9 aromatic rings. The van der Waals surface area contributed by atoms with Gasteiger partial charge in [-0.3, -0.25) is 0 Å². The molecule has 9 aromatic carbocycles. The minimum absolute atomic E-state index is 0.530. The van der Waals surface area contributed by atoms with E-state index in [1.165, 1.54) is 55.3 Å². The van der Waals surface area contributed by atoms with E-state index in [4.69, 9.17) is 4.74 Å². The number of rotatable bonds is 5. The minimum atomic E-state index is -0.589. The van der Waals surface area contributed by atoms with Crippen molar-refractivity contribution in [3.63, 3.8) is 0 Å². The monoisotopic (exact) mass is 700 g/mol. The maximum atomic E-state index is 6.76. The number of fused-ring (bicyclic) bond motifs is 7. The van der Waals surface area contributed by atoms with E-state index < -0.39 is 10.8 Å². The van der Waals surface area contributed by atoms with E-state index in [-0.39, 0.29) is 0 Å². The lowest BCUT2D eigenvalue weighted by Gasteiger charge is -2.41. The van der Waals surface area contributed by atoms with Gasteiger partial charge in [-0.2, -0.15) is 0 Å². The molecule has 1 atom stereocenters. The van der Waals surface area contributed by atoms with E-state index in [0.717, 1.165) is 33.8 Å². The molecule has 2 aliphatic rings. The summed E-state index contributed by atoms with van der Waals surface area (Å²) < 4.78 is 6.76. The van der Waals surface area contributed by atoms with Crippen LogP contribution in [0.2, 0.25) is 0 Å². The predicted octanol–water partition coefficient (Wildman–Crippen LogP) is 13.4. The summed E-state index contributed by atoms with van der Waals surface area (Å²) in [5.41, 5.74) is 13.6. The van der Waals surface area contributed by atoms with Gasteiger partial charge in [-0.1, -0.05) is 194 Å². The number of para-hydroxylation sites is 1. The van der Waals surface area contributed by atoms with Crippen LogP contribution in [-0.2, 0) is 10.8 Å². The lowest BCUT2D eigenvalue weighted by atomic mass is 9.63. The van der Waals surface area contributed by atoms with Crippen molar-refractivity contribution in [2.75, 3.05) is 0 Å². The lowest BCUT2D eigenvalue weighted by molar-refractivity contribution is 0.434. The van der Waals surface area contributed by atoms with Crippen molar-refractivity contribution in [3.05, 3.63) is 263 Å². The van der Waals surface area contributed by atoms with Crippen LogP contribution in [0.1, 0.15) is 44.5 Å². The maximum absolute atomic E-state index is 6.76. The van der Waals surface area contributed by atoms with Crippen molar-refractivity contribution in [3.8, 4) is 33.8 Å². The highest BCUT2D eigenvalue weighted by molar-refractivity contribution is 6.00. The Hall–Kier alpha value is -6.96. The fraction of sp³-hybridized carbons (Fsp3) is 0.0370. The summed E-state index contributed by atoms with van der Waals surface area (Å²) in [5.74, 6) is 1.75. The van der Waals surface area contributed by atoms with Gasteiger partial charge in [-0.15, -0.1) is 0 Å². The second kappa shape index (κ2) is 12.3. The second-order valence-electron chi connectivity index (χ2n) is 14.7. The van der Waals surface area contributed by atoms with E-state index in [9.17, 15) is 0 Å². The van der Waals surface area contributed by atoms with Gasteiger partial charge in [0.25, 0.3) is 0 Å². The summed E-state index contributed by atoms with van der Waals surface area (Å²) in [7, 11) is 0. The molecule has 55 heavy (non-hydrogen) atoms. The molecule has 0 radical (unpaired) electrons. The Morgan fingerprint density at radius 3 is 1.62 bits per heavy atom. The molecule has 0 saturated heterocycles. The first kappa shape index (κ1) is 31.6. The van der Waals surface area contributed by atoms with E-state index >= 15 is 0 Å². The molecule has 0 amide bonds. The van der Waals surface area contributed by atoms with Crippen molar-refractivity contribution in [1.82, 2.24) is 0 Å². The number of hydrogen-bond donors (Lipinski definition) is 0. The van der Waals surface area contributed by atoms with Crippen LogP contribution < -0.4 is 4.74 Å². The molecule has 1 heteroatoms. The summed E-state index contributed by atoms with van der Waals surface area (Å²) in [6.07, 6.45) is 0. The zero-order chi connectivity index (χ0) is 36.4. The summed E-state index contributed by atoms with van der Waals surface area (Å²) >= 11 is 0. The van der Waals surface area contributed by atoms with Gasteiger partial charge in [0, 0.05) is 11.1 Å². The first-order valence-corrected chi connectivity index (χ1v) is 19.1. The van der Waals surface area contributed by atoms with Crippen LogP contribution in [0.4, 0.5) is 0 Å². The third-order valence-corrected chi connectivity index (χ3v) is 12.1. The van der Waals surface area contributed by atoms with Crippen LogP contribution in [0.3, 0.4) is 0 Å². The van der Waals surface area contributed by atoms with Crippen LogP contribution in [0.15, 0.2) is 218 Å². The fourth-order valence-corrected chi connectivity index (χ4v) is 9.85. The normalized spacial score (nSPS) is 16.0. The first-order chi connectivity index (χ1) is 27.3. The van der Waals surface area contributed by atoms with Crippen LogP contribution >= 0.6 is 0 Å². The van der Waals surface area contributed by atoms with Gasteiger partial charge in [0.15, 0.2) is 0 Å². The van der Waals surface area contributed by atoms with Crippen molar-refractivity contribution in [2.24, 2.45) is 0 Å². The SMILES string of the molecule is c1ccc(C2(c3ccccc3)c3ccccc3Oc3ccc(-c4cccc(C5(c6ccccc6)c6ccccc6-c6ccc7ccccc7c65)c4)cc32)cc1. The average molecular weight is 701 g/mol. The molecule has 1 aliphatic heterocycles. The van der Waals surface area contributed by atoms with E-state index in [1.54, 1.807) is 0 Å². The van der Waals surface area contributed by atoms with Crippen LogP contribution in [0.5, 0.6) is 11.5 Å². The lowest BCUT2D eigenvalue weighted by Crippen LogP contribution is -2.34. The Labute approximate surface area is 321 Å². The molecular weight excluding hydrogens is 665 g/mol. The van der Waals surface area contributed by atoms with Crippen molar-refractivity contribution < 1.29 is 4.74 Å². The third kappa shape index (κ3) is 4.47. The standard InChI is InChI=1S/C54H36O/c1-4-19-40(20-5-1)53(41-21-6-2-7-22-41)48-29-14-15-30-50(48)55-51-34-32-39(36-49(51)53)38-18-16-25-43(35-38)54(42-23-8-3-9-24-42)47-28-13-12-27-45(47)46-33-31-37-17-10-11-26-44(37)52(46)54/h1-36H. The highest BCUT2D eigenvalue weighted by Gasteiger charge is 2.48. The Balaban J connectivity index is 1.19. The Kier molecular flexibility index (Phi) is 7.06. The summed E-state index contributed by atoms with van der Waals surface area (Å²) in [4.78, 5) is 0. The molecule has 1 aliphatic carbocycles. The fourth-order valence-electron chi connectivity index (χ4n) is 9.85. The van der Waals surface area contributed by atoms with Crippen molar-refractivity contribution in [2.45, 2.75) is 10.8 Å². The summed E-state index contributed by atoms with van der Waals surface area (Å²) in [6.45, 7) is 0. The van der Waals surface area contributed by atoms with Gasteiger partial charge in [-0.25, -0.2) is 0 Å². The molecule has 0 saturated carbocycles. The molecular formula is C54H36O. The molecule has 0 N–H and O–H groups in total. The average Bonchev–Trinajstić information content (AvgIpc) is 3.58. The molecule has 0 bridgehead atoms. The maximum Gasteiger partial charge on any atom is 0.132 e. The van der Waals surface area contributed by atoms with Crippen LogP contribution in [-0.4, -0.2) is 0 Å². The molecule has 1 unspecified atom stereocenters. The highest BCUT2D eigenvalue weighted by atomic mass is 16.5. The van der Waals surface area contributed by atoms with E-state index in [1.807, 2.05) is 0 Å². The zero-order valence-electron chi connectivity index (χ0n) is 30.2. The molecule has 0 spiro atoms. The van der Waals surface area contributed by atoms with Gasteiger partial charge in [0.05, 0.1) is 10.8 Å². The Morgan fingerprint density at radius 2 is 0.873 bits per heavy atom. The number of benzene rings is 9. The largest absolute Gasteiger partial charge is 0.457 e. The summed E-state index contributed by atoms with van der Waals surface area (Å²) in [5, 5.41) is 2.53. The van der Waals surface area contributed by atoms with Crippen molar-refractivity contribution >= 4 is 10.8 Å². The molecule has 11 rings (SSSR count). The second-order valence-corrected chi connectivity index (χ2v) is 14.7. The van der Waals surface area contributed by atoms with Gasteiger partial charge in [0.1, 0.15) is 11.5 Å². The van der Waals surface area contributed by atoms with Gasteiger partial charge >= 0.3 is 0 Å². The first-order valence-electron chi connectivity index (χ1n) is 19.1. The Bertz CT molecular complexity index is 2850. The predicted molar refractivity (Wildman–Crippen MR) is 225 cm³/mol. The molecule has 1 heterocycles. The third-order valence-electron chi connectivity index (χ3n) is 12.1. The Morgan fingerprint density at radius 1 is 0.309 bits per heavy atom.